The Balaban J connectivity index is 0.00000162. The van der Waals surface area contributed by atoms with Crippen molar-refractivity contribution in [2.75, 3.05) is 6.61 Å². The smallest absolute Gasteiger partial charge is 1.00 e. The molecular formula is C29H36Cl2OSiZr. The van der Waals surface area contributed by atoms with E-state index in [9.17, 15) is 0 Å². The molecule has 1 saturated heterocycles. The summed E-state index contributed by atoms with van der Waals surface area (Å²) in [5.41, 5.74) is 6.37. The second-order valence-corrected chi connectivity index (χ2v) is 18.9. The minimum Gasteiger partial charge on any atom is -1.00 e. The molecule has 3 aliphatic rings. The third-order valence-electron chi connectivity index (χ3n) is 7.57. The first-order valence-corrected chi connectivity index (χ1v) is 17.9. The third-order valence-corrected chi connectivity index (χ3v) is 18.5. The molecule has 2 aliphatic carbocycles. The zero-order chi connectivity index (χ0) is 22.3. The number of unbranched alkanes of at least 4 members (excludes halogenated alkanes) is 3. The number of halogens is 2. The van der Waals surface area contributed by atoms with Crippen LogP contribution in [0.5, 0.6) is 0 Å². The van der Waals surface area contributed by atoms with Crippen molar-refractivity contribution in [1.29, 1.82) is 0 Å². The molecule has 0 radical (unpaired) electrons. The number of rotatable bonds is 7. The van der Waals surface area contributed by atoms with Gasteiger partial charge in [0.05, 0.1) is 0 Å². The van der Waals surface area contributed by atoms with Crippen LogP contribution in [-0.2, 0) is 28.0 Å². The van der Waals surface area contributed by atoms with Gasteiger partial charge in [-0.25, -0.2) is 0 Å². The van der Waals surface area contributed by atoms with Gasteiger partial charge in [0.2, 0.25) is 0 Å². The summed E-state index contributed by atoms with van der Waals surface area (Å²) in [6, 6.07) is 20.0. The van der Waals surface area contributed by atoms with E-state index in [0.717, 1.165) is 13.9 Å². The van der Waals surface area contributed by atoms with Gasteiger partial charge in [-0.3, -0.25) is 0 Å². The van der Waals surface area contributed by atoms with Crippen LogP contribution < -0.4 is 24.8 Å². The van der Waals surface area contributed by atoms with E-state index >= 15 is 0 Å². The molecule has 1 fully saturated rings. The molecule has 1 nitrogen and oxygen atoms in total. The zero-order valence-electron chi connectivity index (χ0n) is 20.8. The number of benzene rings is 2. The summed E-state index contributed by atoms with van der Waals surface area (Å²) in [5, 5.41) is 3.77. The van der Waals surface area contributed by atoms with Gasteiger partial charge in [0.25, 0.3) is 0 Å². The van der Waals surface area contributed by atoms with E-state index in [1.165, 1.54) is 42.9 Å². The van der Waals surface area contributed by atoms with Crippen LogP contribution in [0.4, 0.5) is 0 Å². The average Bonchev–Trinajstić information content (AvgIpc) is 3.33. The maximum atomic E-state index is 5.93. The van der Waals surface area contributed by atoms with E-state index in [2.05, 4.69) is 88.0 Å². The molecule has 0 N–H and O–H groups in total. The van der Waals surface area contributed by atoms with Gasteiger partial charge in [0, 0.05) is 0 Å². The molecule has 2 atom stereocenters. The van der Waals surface area contributed by atoms with E-state index < -0.39 is 31.3 Å². The number of ether oxygens (including phenoxy) is 1. The Bertz CT molecular complexity index is 1000. The van der Waals surface area contributed by atoms with Crippen molar-refractivity contribution in [1.82, 2.24) is 0 Å². The predicted molar refractivity (Wildman–Crippen MR) is 135 cm³/mol. The molecule has 0 amide bonds. The van der Waals surface area contributed by atoms with Crippen LogP contribution in [0.3, 0.4) is 0 Å². The Morgan fingerprint density at radius 2 is 1.26 bits per heavy atom. The van der Waals surface area contributed by atoms with Crippen molar-refractivity contribution in [3.05, 3.63) is 81.2 Å². The maximum absolute atomic E-state index is 5.93. The van der Waals surface area contributed by atoms with Gasteiger partial charge in [-0.05, 0) is 0 Å². The summed E-state index contributed by atoms with van der Waals surface area (Å²) in [7, 11) is -1.66. The first-order valence-electron chi connectivity index (χ1n) is 12.4. The Morgan fingerprint density at radius 1 is 0.765 bits per heavy atom. The Labute approximate surface area is 231 Å². The van der Waals surface area contributed by atoms with E-state index in [-0.39, 0.29) is 30.4 Å². The second kappa shape index (κ2) is 11.3. The molecule has 0 bridgehead atoms. The molecule has 2 unspecified atom stereocenters. The fraction of sp³-hybridized carbons (Fsp3) is 0.448. The maximum Gasteiger partial charge on any atom is -1.00 e. The summed E-state index contributed by atoms with van der Waals surface area (Å²) < 4.78 is 7.54. The molecule has 2 aromatic rings. The van der Waals surface area contributed by atoms with Crippen LogP contribution in [0.25, 0.3) is 12.2 Å². The Hall–Kier alpha value is -0.440. The van der Waals surface area contributed by atoms with Crippen LogP contribution in [0.15, 0.2) is 58.9 Å². The molecular weight excluding hydrogens is 555 g/mol. The van der Waals surface area contributed by atoms with E-state index in [0.29, 0.717) is 0 Å². The van der Waals surface area contributed by atoms with Crippen molar-refractivity contribution in [3.8, 4) is 0 Å². The summed E-state index contributed by atoms with van der Waals surface area (Å²) in [4.78, 5) is 0. The van der Waals surface area contributed by atoms with Crippen LogP contribution in [0, 0.1) is 0 Å². The third kappa shape index (κ3) is 5.45. The fourth-order valence-corrected chi connectivity index (χ4v) is 20.3. The molecule has 1 aliphatic heterocycles. The Morgan fingerprint density at radius 3 is 1.79 bits per heavy atom. The van der Waals surface area contributed by atoms with Crippen molar-refractivity contribution in [2.24, 2.45) is 0 Å². The van der Waals surface area contributed by atoms with E-state index in [1.54, 1.807) is 11.1 Å². The second-order valence-electron chi connectivity index (χ2n) is 10.9. The molecule has 34 heavy (non-hydrogen) atoms. The van der Waals surface area contributed by atoms with Crippen molar-refractivity contribution in [3.63, 3.8) is 0 Å². The summed E-state index contributed by atoms with van der Waals surface area (Å²) in [6.45, 7) is 10.1. The van der Waals surface area contributed by atoms with Crippen LogP contribution in [0.2, 0.25) is 12.6 Å². The van der Waals surface area contributed by atoms with Crippen molar-refractivity contribution < 1.29 is 52.8 Å². The largest absolute Gasteiger partial charge is 1.00 e. The number of hydrogen-bond acceptors (Lipinski definition) is 1. The van der Waals surface area contributed by atoms with Gasteiger partial charge in [-0.1, -0.05) is 0 Å². The normalized spacial score (nSPS) is 23.5. The molecule has 2 aromatic carbocycles. The molecule has 5 rings (SSSR count). The standard InChI is InChI=1S/C29H36OSi.2ClH.Zr/c1-29(2,3)30-17-11-5-6-12-18-31(4,27-19-23-13-7-8-14-24(23)20-27)28-21-25-15-9-10-16-26(25)22-28;;;/h7-10,13-16,19-22H,5-6,11-12,17-18H2,1-4H3;2*1H;/q;;;+2/p-2. The predicted octanol–water partition coefficient (Wildman–Crippen LogP) is 1.90. The SMILES string of the molecule is CC(C)(C)OCCCCCC[Si]1(C)C2=Cc3ccccc3[CH]2[Zr+2][CH]2C1=Cc1ccccc12.[Cl-].[Cl-]. The van der Waals surface area contributed by atoms with Gasteiger partial charge in [-0.2, -0.15) is 0 Å². The van der Waals surface area contributed by atoms with Crippen LogP contribution >= 0.6 is 0 Å². The zero-order valence-corrected chi connectivity index (χ0v) is 25.8. The summed E-state index contributed by atoms with van der Waals surface area (Å²) in [5.74, 6) is 0. The minimum absolute atomic E-state index is 0. The molecule has 5 heteroatoms. The first-order chi connectivity index (χ1) is 15.4. The van der Waals surface area contributed by atoms with Crippen molar-refractivity contribution in [2.45, 2.75) is 71.9 Å². The fourth-order valence-electron chi connectivity index (χ4n) is 5.90. The van der Waals surface area contributed by atoms with Crippen LogP contribution in [0.1, 0.15) is 76.0 Å². The Kier molecular flexibility index (Phi) is 9.36. The molecule has 0 aromatic heterocycles. The molecule has 1 heterocycles. The summed E-state index contributed by atoms with van der Waals surface area (Å²) >= 11 is -0.639. The molecule has 0 spiro atoms. The quantitative estimate of drug-likeness (QED) is 0.354. The molecule has 180 valence electrons. The average molecular weight is 591 g/mol. The van der Waals surface area contributed by atoms with Gasteiger partial charge >= 0.3 is 208 Å². The van der Waals surface area contributed by atoms with E-state index in [4.69, 9.17) is 4.74 Å². The van der Waals surface area contributed by atoms with Gasteiger partial charge in [-0.15, -0.1) is 0 Å². The van der Waals surface area contributed by atoms with Gasteiger partial charge < -0.3 is 24.8 Å². The topological polar surface area (TPSA) is 9.23 Å². The first kappa shape index (κ1) is 28.1. The number of hydrogen-bond donors (Lipinski definition) is 0. The van der Waals surface area contributed by atoms with Gasteiger partial charge in [0.15, 0.2) is 0 Å². The van der Waals surface area contributed by atoms with E-state index in [1.807, 2.05) is 10.4 Å². The van der Waals surface area contributed by atoms with Crippen LogP contribution in [-0.4, -0.2) is 20.3 Å². The van der Waals surface area contributed by atoms with Crippen molar-refractivity contribution >= 4 is 20.2 Å². The minimum atomic E-state index is -1.66. The molecule has 0 saturated carbocycles. The monoisotopic (exact) mass is 588 g/mol. The summed E-state index contributed by atoms with van der Waals surface area (Å²) in [6.07, 6.45) is 10.5. The number of fused-ring (bicyclic) bond motifs is 6. The van der Waals surface area contributed by atoms with Gasteiger partial charge in [0.1, 0.15) is 0 Å². The number of allylic oxidation sites excluding steroid dienone is 2.